The number of ether oxygens (including phenoxy) is 2. The lowest BCUT2D eigenvalue weighted by Crippen LogP contribution is -2.37. The maximum atomic E-state index is 12.1. The van der Waals surface area contributed by atoms with Crippen LogP contribution in [0.5, 0.6) is 5.75 Å². The molecule has 4 rings (SSSR count). The van der Waals surface area contributed by atoms with Crippen molar-refractivity contribution in [1.29, 1.82) is 0 Å². The Bertz CT molecular complexity index is 859. The monoisotopic (exact) mass is 359 g/mol. The summed E-state index contributed by atoms with van der Waals surface area (Å²) < 4.78 is 10.7. The third kappa shape index (κ3) is 2.55. The van der Waals surface area contributed by atoms with Gasteiger partial charge in [0.25, 0.3) is 0 Å². The number of esters is 1. The number of nitrogens with zero attached hydrogens (tertiary/aromatic N) is 1. The molecule has 3 heterocycles. The number of rotatable bonds is 3. The number of anilines is 1. The number of carbonyl (C=O) groups excluding carboxylic acids is 1. The molecule has 1 unspecified atom stereocenters. The fraction of sp³-hybridized carbons (Fsp3) is 0.333. The molecule has 130 valence electrons. The van der Waals surface area contributed by atoms with Gasteiger partial charge in [-0.25, -0.2) is 9.59 Å². The minimum Gasteiger partial charge on any atom is -0.488 e. The van der Waals surface area contributed by atoms with Crippen LogP contribution in [0.3, 0.4) is 0 Å². The minimum absolute atomic E-state index is 0.178. The van der Waals surface area contributed by atoms with Crippen molar-refractivity contribution >= 4 is 29.0 Å². The molecule has 1 N–H and O–H groups in total. The Kier molecular flexibility index (Phi) is 3.88. The number of hydrogen-bond acceptors (Lipinski definition) is 6. The average molecular weight is 359 g/mol. The van der Waals surface area contributed by atoms with Crippen molar-refractivity contribution in [2.75, 3.05) is 18.6 Å². The van der Waals surface area contributed by atoms with Crippen LogP contribution in [0.15, 0.2) is 22.9 Å². The fourth-order valence-electron chi connectivity index (χ4n) is 3.57. The molecule has 0 aliphatic carbocycles. The first-order valence-corrected chi connectivity index (χ1v) is 8.98. The van der Waals surface area contributed by atoms with E-state index in [4.69, 9.17) is 9.47 Å². The predicted octanol–water partition coefficient (Wildman–Crippen LogP) is 3.15. The van der Waals surface area contributed by atoms with Crippen LogP contribution in [0.1, 0.15) is 28.8 Å². The number of aromatic carboxylic acids is 1. The van der Waals surface area contributed by atoms with Crippen LogP contribution in [0.25, 0.3) is 11.1 Å². The maximum absolute atomic E-state index is 12.1. The number of hydrogen-bond donors (Lipinski definition) is 1. The second-order valence-corrected chi connectivity index (χ2v) is 6.89. The number of carboxylic acid groups (broad SMARTS) is 1. The summed E-state index contributed by atoms with van der Waals surface area (Å²) in [5.41, 5.74) is 3.56. The highest BCUT2D eigenvalue weighted by atomic mass is 32.1. The van der Waals surface area contributed by atoms with Gasteiger partial charge in [-0.15, -0.1) is 0 Å². The van der Waals surface area contributed by atoms with Crippen molar-refractivity contribution < 1.29 is 24.2 Å². The SMILES string of the molecule is COC(=O)C1CCCN1c1cc2c(cc1C(=O)O)-c1cscc1CO2. The van der Waals surface area contributed by atoms with Crippen LogP contribution in [0.4, 0.5) is 5.69 Å². The summed E-state index contributed by atoms with van der Waals surface area (Å²) in [6.45, 7) is 1.08. The third-order valence-electron chi connectivity index (χ3n) is 4.78. The molecule has 0 amide bonds. The van der Waals surface area contributed by atoms with Crippen LogP contribution in [0, 0.1) is 0 Å². The highest BCUT2D eigenvalue weighted by molar-refractivity contribution is 7.08. The van der Waals surface area contributed by atoms with E-state index in [0.717, 1.165) is 23.1 Å². The first-order valence-electron chi connectivity index (χ1n) is 8.04. The number of thiophene rings is 1. The molecule has 0 spiro atoms. The second-order valence-electron chi connectivity index (χ2n) is 6.14. The largest absolute Gasteiger partial charge is 0.488 e. The van der Waals surface area contributed by atoms with Crippen LogP contribution < -0.4 is 9.64 Å². The Morgan fingerprint density at radius 3 is 2.92 bits per heavy atom. The van der Waals surface area contributed by atoms with E-state index in [9.17, 15) is 14.7 Å². The molecule has 0 bridgehead atoms. The van der Waals surface area contributed by atoms with Gasteiger partial charge in [-0.1, -0.05) is 0 Å². The molecule has 0 radical (unpaired) electrons. The lowest BCUT2D eigenvalue weighted by Gasteiger charge is -2.28. The highest BCUT2D eigenvalue weighted by Gasteiger charge is 2.35. The van der Waals surface area contributed by atoms with Gasteiger partial charge in [0.05, 0.1) is 18.4 Å². The molecular weight excluding hydrogens is 342 g/mol. The average Bonchev–Trinajstić information content (AvgIpc) is 3.28. The normalized spacial score (nSPS) is 18.3. The summed E-state index contributed by atoms with van der Waals surface area (Å²) in [6.07, 6.45) is 1.46. The zero-order valence-electron chi connectivity index (χ0n) is 13.7. The van der Waals surface area contributed by atoms with E-state index in [1.54, 1.807) is 23.5 Å². The second kappa shape index (κ2) is 6.07. The van der Waals surface area contributed by atoms with Crippen LogP contribution in [-0.4, -0.2) is 36.7 Å². The Labute approximate surface area is 148 Å². The number of benzene rings is 1. The van der Waals surface area contributed by atoms with Gasteiger partial charge < -0.3 is 19.5 Å². The lowest BCUT2D eigenvalue weighted by atomic mass is 9.97. The maximum Gasteiger partial charge on any atom is 0.337 e. The van der Waals surface area contributed by atoms with E-state index < -0.39 is 12.0 Å². The molecule has 1 fully saturated rings. The van der Waals surface area contributed by atoms with Crippen LogP contribution in [-0.2, 0) is 16.1 Å². The number of methoxy groups -OCH3 is 1. The predicted molar refractivity (Wildman–Crippen MR) is 93.4 cm³/mol. The summed E-state index contributed by atoms with van der Waals surface area (Å²) in [7, 11) is 1.35. The summed E-state index contributed by atoms with van der Waals surface area (Å²) in [5.74, 6) is -0.704. The summed E-state index contributed by atoms with van der Waals surface area (Å²) in [6, 6.07) is 2.95. The third-order valence-corrected chi connectivity index (χ3v) is 5.57. The molecule has 1 saturated heterocycles. The molecule has 6 nitrogen and oxygen atoms in total. The number of carboxylic acids is 1. The molecule has 25 heavy (non-hydrogen) atoms. The Morgan fingerprint density at radius 1 is 1.32 bits per heavy atom. The van der Waals surface area contributed by atoms with Gasteiger partial charge >= 0.3 is 11.9 Å². The zero-order chi connectivity index (χ0) is 17.6. The van der Waals surface area contributed by atoms with E-state index in [0.29, 0.717) is 31.0 Å². The van der Waals surface area contributed by atoms with Gasteiger partial charge in [0.1, 0.15) is 18.4 Å². The molecular formula is C18H17NO5S. The zero-order valence-corrected chi connectivity index (χ0v) is 14.5. The van der Waals surface area contributed by atoms with Gasteiger partial charge in [0, 0.05) is 29.3 Å². The van der Waals surface area contributed by atoms with Crippen molar-refractivity contribution in [1.82, 2.24) is 0 Å². The van der Waals surface area contributed by atoms with Gasteiger partial charge in [-0.2, -0.15) is 11.3 Å². The summed E-state index contributed by atoms with van der Waals surface area (Å²) >= 11 is 1.57. The van der Waals surface area contributed by atoms with Gasteiger partial charge in [-0.05, 0) is 29.7 Å². The quantitative estimate of drug-likeness (QED) is 0.849. The number of carbonyl (C=O) groups is 2. The van der Waals surface area contributed by atoms with Gasteiger partial charge in [0.15, 0.2) is 0 Å². The van der Waals surface area contributed by atoms with E-state index in [-0.39, 0.29) is 11.5 Å². The van der Waals surface area contributed by atoms with Crippen LogP contribution in [0.2, 0.25) is 0 Å². The van der Waals surface area contributed by atoms with Crippen molar-refractivity contribution in [2.45, 2.75) is 25.5 Å². The Balaban J connectivity index is 1.84. The molecule has 7 heteroatoms. The minimum atomic E-state index is -1.02. The van der Waals surface area contributed by atoms with Crippen molar-refractivity contribution in [3.63, 3.8) is 0 Å². The first kappa shape index (κ1) is 16.0. The Morgan fingerprint density at radius 2 is 2.16 bits per heavy atom. The smallest absolute Gasteiger partial charge is 0.337 e. The first-order chi connectivity index (χ1) is 12.1. The van der Waals surface area contributed by atoms with Gasteiger partial charge in [0.2, 0.25) is 0 Å². The standard InChI is InChI=1S/C18H17NO5S/c1-23-18(22)14-3-2-4-19(14)15-6-16-11(5-12(15)17(20)21)13-9-25-8-10(13)7-24-16/h5-6,8-9,14H,2-4,7H2,1H3,(H,20,21). The highest BCUT2D eigenvalue weighted by Crippen LogP contribution is 2.44. The summed E-state index contributed by atoms with van der Waals surface area (Å²) in [4.78, 5) is 25.8. The molecule has 0 saturated carbocycles. The molecule has 1 aromatic carbocycles. The topological polar surface area (TPSA) is 76.1 Å². The van der Waals surface area contributed by atoms with E-state index in [1.807, 2.05) is 15.7 Å². The molecule has 1 atom stereocenters. The summed E-state index contributed by atoms with van der Waals surface area (Å²) in [5, 5.41) is 13.8. The van der Waals surface area contributed by atoms with Crippen molar-refractivity contribution in [3.8, 4) is 16.9 Å². The molecule has 2 aliphatic rings. The molecule has 2 aromatic rings. The molecule has 1 aromatic heterocycles. The van der Waals surface area contributed by atoms with Crippen molar-refractivity contribution in [2.24, 2.45) is 0 Å². The molecule has 2 aliphatic heterocycles. The van der Waals surface area contributed by atoms with Crippen molar-refractivity contribution in [3.05, 3.63) is 34.0 Å². The number of fused-ring (bicyclic) bond motifs is 3. The van der Waals surface area contributed by atoms with E-state index >= 15 is 0 Å². The lowest BCUT2D eigenvalue weighted by molar-refractivity contribution is -0.141. The van der Waals surface area contributed by atoms with E-state index in [2.05, 4.69) is 0 Å². The van der Waals surface area contributed by atoms with Crippen LogP contribution >= 0.6 is 11.3 Å². The van der Waals surface area contributed by atoms with Gasteiger partial charge in [-0.3, -0.25) is 0 Å². The fourth-order valence-corrected chi connectivity index (χ4v) is 4.41. The van der Waals surface area contributed by atoms with E-state index in [1.165, 1.54) is 7.11 Å². The Hall–Kier alpha value is -2.54.